The van der Waals surface area contributed by atoms with Crippen LogP contribution in [0.15, 0.2) is 18.5 Å². The number of alkyl halides is 3. The Balaban J connectivity index is 1.21. The first-order valence-corrected chi connectivity index (χ1v) is 12.7. The van der Waals surface area contributed by atoms with Crippen molar-refractivity contribution in [3.8, 4) is 0 Å². The molecule has 0 amide bonds. The van der Waals surface area contributed by atoms with E-state index in [2.05, 4.69) is 15.0 Å². The van der Waals surface area contributed by atoms with E-state index < -0.39 is 24.6 Å². The van der Waals surface area contributed by atoms with Gasteiger partial charge in [-0.1, -0.05) is 0 Å². The van der Waals surface area contributed by atoms with Crippen LogP contribution in [0.1, 0.15) is 51.3 Å². The molecule has 2 aromatic rings. The molecule has 6 rings (SSSR count). The first kappa shape index (κ1) is 24.4. The molecule has 1 spiro atoms. The minimum atomic E-state index is -4.16. The average Bonchev–Trinajstić information content (AvgIpc) is 3.53. The van der Waals surface area contributed by atoms with E-state index in [0.29, 0.717) is 31.0 Å². The van der Waals surface area contributed by atoms with E-state index in [-0.39, 0.29) is 23.9 Å². The highest BCUT2D eigenvalue weighted by molar-refractivity contribution is 5.65. The molecule has 0 aromatic carbocycles. The van der Waals surface area contributed by atoms with Crippen molar-refractivity contribution in [2.24, 2.45) is 0 Å². The van der Waals surface area contributed by atoms with Crippen LogP contribution in [-0.4, -0.2) is 92.9 Å². The van der Waals surface area contributed by atoms with Gasteiger partial charge in [0.2, 0.25) is 0 Å². The quantitative estimate of drug-likeness (QED) is 0.672. The Morgan fingerprint density at radius 1 is 1.08 bits per heavy atom. The van der Waals surface area contributed by atoms with Crippen LogP contribution in [0.3, 0.4) is 0 Å². The summed E-state index contributed by atoms with van der Waals surface area (Å²) in [5.41, 5.74) is 7.49. The first-order chi connectivity index (χ1) is 17.0. The van der Waals surface area contributed by atoms with Crippen LogP contribution in [-0.2, 0) is 14.2 Å². The number of rotatable bonds is 4. The summed E-state index contributed by atoms with van der Waals surface area (Å²) in [7, 11) is 0. The summed E-state index contributed by atoms with van der Waals surface area (Å²) >= 11 is 0. The molecule has 12 heteroatoms. The molecule has 198 valence electrons. The molecule has 4 fully saturated rings. The fourth-order valence-electron chi connectivity index (χ4n) is 6.70. The van der Waals surface area contributed by atoms with Gasteiger partial charge in [0.15, 0.2) is 11.6 Å². The molecule has 6 heterocycles. The first-order valence-electron chi connectivity index (χ1n) is 12.7. The molecule has 2 N–H and O–H groups in total. The number of piperidine rings is 1. The monoisotopic (exact) mass is 510 g/mol. The van der Waals surface area contributed by atoms with Crippen molar-refractivity contribution in [1.29, 1.82) is 0 Å². The van der Waals surface area contributed by atoms with Gasteiger partial charge >= 0.3 is 6.18 Å². The van der Waals surface area contributed by atoms with Gasteiger partial charge in [0, 0.05) is 25.2 Å². The Labute approximate surface area is 207 Å². The molecule has 2 aromatic heterocycles. The van der Waals surface area contributed by atoms with Gasteiger partial charge in [0.1, 0.15) is 36.3 Å². The normalized spacial score (nSPS) is 32.6. The maximum absolute atomic E-state index is 12.9. The highest BCUT2D eigenvalue weighted by Gasteiger charge is 2.57. The molecule has 0 radical (unpaired) electrons. The standard InChI is InChI=1S/C24H33F3N6O3/c1-22(2)35-19-17(12-32-9-3-6-23(32)7-10-31(11-8-23)13-24(25,26)27)34-18(20(19)36-22)15-4-5-16-21(28)29-14-30-33(15)16/h4-5,14,17-20H,3,6-13H2,1-2H3,(H2,28,29,30)/t17-,18+,19-,20+/m1/s1. The zero-order valence-electron chi connectivity index (χ0n) is 20.6. The van der Waals surface area contributed by atoms with Crippen LogP contribution < -0.4 is 5.73 Å². The number of fused-ring (bicyclic) bond motifs is 2. The van der Waals surface area contributed by atoms with Gasteiger partial charge in [0.25, 0.3) is 0 Å². The van der Waals surface area contributed by atoms with E-state index in [1.165, 1.54) is 11.2 Å². The van der Waals surface area contributed by atoms with Crippen LogP contribution in [0.2, 0.25) is 0 Å². The van der Waals surface area contributed by atoms with Crippen molar-refractivity contribution >= 4 is 11.3 Å². The summed E-state index contributed by atoms with van der Waals surface area (Å²) in [6, 6.07) is 3.81. The fourth-order valence-corrected chi connectivity index (χ4v) is 6.70. The van der Waals surface area contributed by atoms with Gasteiger partial charge in [0.05, 0.1) is 12.2 Å². The van der Waals surface area contributed by atoms with Gasteiger partial charge < -0.3 is 19.9 Å². The molecule has 0 bridgehead atoms. The van der Waals surface area contributed by atoms with E-state index in [1.54, 1.807) is 4.52 Å². The minimum Gasteiger partial charge on any atom is -0.382 e. The summed E-state index contributed by atoms with van der Waals surface area (Å²) in [5, 5.41) is 4.38. The van der Waals surface area contributed by atoms with E-state index >= 15 is 0 Å². The fraction of sp³-hybridized carbons (Fsp3) is 0.750. The largest absolute Gasteiger partial charge is 0.401 e. The lowest BCUT2D eigenvalue weighted by Crippen LogP contribution is -2.55. The summed E-state index contributed by atoms with van der Waals surface area (Å²) in [6.07, 6.45) is -0.460. The number of anilines is 1. The molecule has 4 aliphatic rings. The molecule has 9 nitrogen and oxygen atoms in total. The Bertz CT molecular complexity index is 1120. The lowest BCUT2D eigenvalue weighted by molar-refractivity contribution is -0.191. The third-order valence-corrected chi connectivity index (χ3v) is 8.28. The number of ether oxygens (including phenoxy) is 3. The number of nitrogen functional groups attached to an aromatic ring is 1. The summed E-state index contributed by atoms with van der Waals surface area (Å²) < 4.78 is 59.7. The molecule has 4 saturated heterocycles. The molecule has 36 heavy (non-hydrogen) atoms. The molecule has 4 aliphatic heterocycles. The maximum atomic E-state index is 12.9. The Morgan fingerprint density at radius 2 is 1.83 bits per heavy atom. The smallest absolute Gasteiger partial charge is 0.382 e. The summed E-state index contributed by atoms with van der Waals surface area (Å²) in [4.78, 5) is 8.04. The second-order valence-corrected chi connectivity index (χ2v) is 11.0. The molecule has 0 unspecified atom stereocenters. The van der Waals surface area contributed by atoms with Crippen molar-refractivity contribution < 1.29 is 27.4 Å². The predicted octanol–water partition coefficient (Wildman–Crippen LogP) is 2.76. The molecular weight excluding hydrogens is 477 g/mol. The van der Waals surface area contributed by atoms with Gasteiger partial charge in [-0.15, -0.1) is 0 Å². The zero-order valence-corrected chi connectivity index (χ0v) is 20.6. The Morgan fingerprint density at radius 3 is 2.58 bits per heavy atom. The zero-order chi connectivity index (χ0) is 25.3. The molecule has 0 saturated carbocycles. The van der Waals surface area contributed by atoms with Crippen molar-refractivity contribution in [3.05, 3.63) is 24.2 Å². The number of aromatic nitrogens is 3. The van der Waals surface area contributed by atoms with E-state index in [1.807, 2.05) is 26.0 Å². The van der Waals surface area contributed by atoms with Crippen LogP contribution in [0.5, 0.6) is 0 Å². The number of hydrogen-bond acceptors (Lipinski definition) is 8. The maximum Gasteiger partial charge on any atom is 0.401 e. The third kappa shape index (κ3) is 4.26. The summed E-state index contributed by atoms with van der Waals surface area (Å²) in [5.74, 6) is -0.357. The predicted molar refractivity (Wildman–Crippen MR) is 124 cm³/mol. The van der Waals surface area contributed by atoms with Crippen molar-refractivity contribution in [3.63, 3.8) is 0 Å². The lowest BCUT2D eigenvalue weighted by Gasteiger charge is -2.46. The molecule has 0 aliphatic carbocycles. The Kier molecular flexibility index (Phi) is 5.76. The highest BCUT2D eigenvalue weighted by atomic mass is 19.4. The van der Waals surface area contributed by atoms with Crippen molar-refractivity contribution in [2.45, 2.75) is 81.4 Å². The summed E-state index contributed by atoms with van der Waals surface area (Å²) in [6.45, 7) is 5.45. The Hall–Kier alpha value is -1.99. The van der Waals surface area contributed by atoms with Gasteiger partial charge in [-0.25, -0.2) is 9.50 Å². The molecule has 4 atom stereocenters. The van der Waals surface area contributed by atoms with Crippen molar-refractivity contribution in [2.75, 3.05) is 38.5 Å². The van der Waals surface area contributed by atoms with E-state index in [9.17, 15) is 13.2 Å². The van der Waals surface area contributed by atoms with Gasteiger partial charge in [-0.3, -0.25) is 9.80 Å². The van der Waals surface area contributed by atoms with Gasteiger partial charge in [-0.05, 0) is 58.2 Å². The number of halogens is 3. The topological polar surface area (TPSA) is 90.4 Å². The number of nitrogens with two attached hydrogens (primary N) is 1. The number of nitrogens with zero attached hydrogens (tertiary/aromatic N) is 5. The second kappa shape index (κ2) is 8.52. The number of likely N-dealkylation sites (tertiary alicyclic amines) is 2. The average molecular weight is 511 g/mol. The molecular formula is C24H33F3N6O3. The van der Waals surface area contributed by atoms with Crippen LogP contribution in [0, 0.1) is 0 Å². The van der Waals surface area contributed by atoms with Gasteiger partial charge in [-0.2, -0.15) is 18.3 Å². The van der Waals surface area contributed by atoms with Crippen LogP contribution in [0.25, 0.3) is 5.52 Å². The van der Waals surface area contributed by atoms with Crippen LogP contribution in [0.4, 0.5) is 19.0 Å². The van der Waals surface area contributed by atoms with E-state index in [4.69, 9.17) is 19.9 Å². The highest BCUT2D eigenvalue weighted by Crippen LogP contribution is 2.47. The van der Waals surface area contributed by atoms with E-state index in [0.717, 1.165) is 37.9 Å². The lowest BCUT2D eigenvalue weighted by atomic mass is 9.84. The van der Waals surface area contributed by atoms with Crippen LogP contribution >= 0.6 is 0 Å². The third-order valence-electron chi connectivity index (χ3n) is 8.28. The number of hydrogen-bond donors (Lipinski definition) is 1. The second-order valence-electron chi connectivity index (χ2n) is 11.0. The minimum absolute atomic E-state index is 0.0859. The SMILES string of the molecule is CC1(C)O[C@@H]2[C@H](O1)[C@@H](CN1CCCC13CCN(CC(F)(F)F)CC3)O[C@H]2c1ccc2c(N)ncnn12. The van der Waals surface area contributed by atoms with Crippen molar-refractivity contribution in [1.82, 2.24) is 24.4 Å².